The average molecular weight is 555 g/mol. The average Bonchev–Trinajstić information content (AvgIpc) is 3.45. The molecule has 0 saturated heterocycles. The lowest BCUT2D eigenvalue weighted by Gasteiger charge is -2.11. The third kappa shape index (κ3) is 4.59. The van der Waals surface area contributed by atoms with Gasteiger partial charge in [0.15, 0.2) is 0 Å². The van der Waals surface area contributed by atoms with E-state index in [-0.39, 0.29) is 0 Å². The van der Waals surface area contributed by atoms with Crippen molar-refractivity contribution in [1.82, 2.24) is 0 Å². The maximum absolute atomic E-state index is 9.38. The van der Waals surface area contributed by atoms with E-state index >= 15 is 0 Å². The van der Waals surface area contributed by atoms with E-state index in [1.165, 1.54) is 59.1 Å². The summed E-state index contributed by atoms with van der Waals surface area (Å²) in [5, 5.41) is 11.9. The molecule has 198 valence electrons. The van der Waals surface area contributed by atoms with Gasteiger partial charge in [-0.2, -0.15) is 5.26 Å². The number of benzene rings is 6. The standard InChI is InChI=1S/C39H26N2S/c1-41-25-27-14-18-30(19-15-27)33-20-21-34(31-16-12-26(24-40)13-17-31)39-37(33)36-23-32(28-8-4-2-5-9-28)22-35(38(36)42-39)29-10-6-3-7-11-29/h2-23H,1,25H2. The van der Waals surface area contributed by atoms with Gasteiger partial charge in [-0.25, -0.2) is 0 Å². The number of aliphatic imine (C=N–C) groups is 1. The van der Waals surface area contributed by atoms with Gasteiger partial charge in [0.1, 0.15) is 0 Å². The van der Waals surface area contributed by atoms with Crippen LogP contribution in [0.5, 0.6) is 0 Å². The first kappa shape index (κ1) is 25.7. The molecule has 7 rings (SSSR count). The van der Waals surface area contributed by atoms with Gasteiger partial charge in [0.25, 0.3) is 0 Å². The van der Waals surface area contributed by atoms with Crippen LogP contribution < -0.4 is 0 Å². The Morgan fingerprint density at radius 1 is 0.571 bits per heavy atom. The number of rotatable bonds is 6. The molecule has 0 N–H and O–H groups in total. The lowest BCUT2D eigenvalue weighted by Crippen LogP contribution is -1.87. The van der Waals surface area contributed by atoms with Crippen LogP contribution in [0, 0.1) is 11.3 Å². The minimum Gasteiger partial charge on any atom is -0.296 e. The van der Waals surface area contributed by atoms with Crippen LogP contribution in [0.2, 0.25) is 0 Å². The number of hydrogen-bond donors (Lipinski definition) is 0. The SMILES string of the molecule is C=NCc1ccc(-c2ccc(-c3ccc(C#N)cc3)c3sc4c(-c5ccccc5)cc(-c5ccccc5)cc4c23)cc1. The topological polar surface area (TPSA) is 36.1 Å². The third-order valence-electron chi connectivity index (χ3n) is 7.80. The summed E-state index contributed by atoms with van der Waals surface area (Å²) in [6, 6.07) is 49.3. The van der Waals surface area contributed by atoms with E-state index in [1.807, 2.05) is 23.5 Å². The van der Waals surface area contributed by atoms with Gasteiger partial charge in [0, 0.05) is 25.7 Å². The van der Waals surface area contributed by atoms with Crippen molar-refractivity contribution in [2.75, 3.05) is 0 Å². The summed E-state index contributed by atoms with van der Waals surface area (Å²) in [5.74, 6) is 0. The van der Waals surface area contributed by atoms with Crippen LogP contribution in [-0.2, 0) is 6.54 Å². The van der Waals surface area contributed by atoms with Crippen LogP contribution in [0.15, 0.2) is 138 Å². The Balaban J connectivity index is 1.58. The van der Waals surface area contributed by atoms with Gasteiger partial charge in [-0.3, -0.25) is 4.99 Å². The third-order valence-corrected chi connectivity index (χ3v) is 9.07. The zero-order valence-electron chi connectivity index (χ0n) is 22.9. The Kier molecular flexibility index (Phi) is 6.68. The molecule has 0 unspecified atom stereocenters. The molecule has 0 spiro atoms. The Labute approximate surface area is 249 Å². The molecule has 42 heavy (non-hydrogen) atoms. The number of nitriles is 1. The van der Waals surface area contributed by atoms with E-state index in [9.17, 15) is 5.26 Å². The highest BCUT2D eigenvalue weighted by Gasteiger charge is 2.19. The quantitative estimate of drug-likeness (QED) is 0.188. The molecule has 0 aliphatic rings. The highest BCUT2D eigenvalue weighted by Crippen LogP contribution is 2.49. The molecule has 0 radical (unpaired) electrons. The molecule has 1 aromatic heterocycles. The van der Waals surface area contributed by atoms with Crippen LogP contribution in [0.4, 0.5) is 0 Å². The number of thiophene rings is 1. The molecule has 6 aromatic carbocycles. The summed E-state index contributed by atoms with van der Waals surface area (Å²) >= 11 is 1.85. The monoisotopic (exact) mass is 554 g/mol. The minimum atomic E-state index is 0.607. The van der Waals surface area contributed by atoms with Gasteiger partial charge in [0.05, 0.1) is 18.2 Å². The smallest absolute Gasteiger partial charge is 0.0991 e. The predicted molar refractivity (Wildman–Crippen MR) is 179 cm³/mol. The lowest BCUT2D eigenvalue weighted by atomic mass is 9.91. The van der Waals surface area contributed by atoms with Crippen molar-refractivity contribution in [2.24, 2.45) is 4.99 Å². The van der Waals surface area contributed by atoms with Crippen LogP contribution in [0.1, 0.15) is 11.1 Å². The number of nitrogens with zero attached hydrogens (tertiary/aromatic N) is 2. The van der Waals surface area contributed by atoms with Crippen LogP contribution in [-0.4, -0.2) is 6.72 Å². The van der Waals surface area contributed by atoms with Crippen LogP contribution >= 0.6 is 11.3 Å². The molecule has 0 atom stereocenters. The Morgan fingerprint density at radius 3 is 1.83 bits per heavy atom. The molecule has 3 heteroatoms. The van der Waals surface area contributed by atoms with Gasteiger partial charge in [-0.15, -0.1) is 11.3 Å². The number of fused-ring (bicyclic) bond motifs is 3. The lowest BCUT2D eigenvalue weighted by molar-refractivity contribution is 1.08. The van der Waals surface area contributed by atoms with Gasteiger partial charge in [-0.1, -0.05) is 109 Å². The van der Waals surface area contributed by atoms with Crippen molar-refractivity contribution < 1.29 is 0 Å². The van der Waals surface area contributed by atoms with Crippen molar-refractivity contribution in [2.45, 2.75) is 6.54 Å². The zero-order chi connectivity index (χ0) is 28.5. The van der Waals surface area contributed by atoms with Gasteiger partial charge in [-0.05, 0) is 75.5 Å². The van der Waals surface area contributed by atoms with E-state index in [4.69, 9.17) is 0 Å². The molecule has 0 aliphatic heterocycles. The largest absolute Gasteiger partial charge is 0.296 e. The first-order valence-corrected chi connectivity index (χ1v) is 14.7. The van der Waals surface area contributed by atoms with Crippen molar-refractivity contribution in [1.29, 1.82) is 5.26 Å². The second kappa shape index (κ2) is 10.9. The molecule has 0 fully saturated rings. The van der Waals surface area contributed by atoms with Crippen molar-refractivity contribution in [3.05, 3.63) is 145 Å². The van der Waals surface area contributed by atoms with E-state index < -0.39 is 0 Å². The maximum atomic E-state index is 9.38. The summed E-state index contributed by atoms with van der Waals surface area (Å²) < 4.78 is 2.51. The maximum Gasteiger partial charge on any atom is 0.0991 e. The highest BCUT2D eigenvalue weighted by atomic mass is 32.1. The molecule has 0 aliphatic carbocycles. The normalized spacial score (nSPS) is 11.0. The van der Waals surface area contributed by atoms with E-state index in [2.05, 4.69) is 139 Å². The summed E-state index contributed by atoms with van der Waals surface area (Å²) in [4.78, 5) is 4.06. The fourth-order valence-electron chi connectivity index (χ4n) is 5.72. The van der Waals surface area contributed by atoms with Crippen molar-refractivity contribution in [3.63, 3.8) is 0 Å². The molecular weight excluding hydrogens is 529 g/mol. The van der Waals surface area contributed by atoms with Gasteiger partial charge < -0.3 is 0 Å². The zero-order valence-corrected chi connectivity index (χ0v) is 23.7. The highest BCUT2D eigenvalue weighted by molar-refractivity contribution is 7.27. The van der Waals surface area contributed by atoms with Gasteiger partial charge in [0.2, 0.25) is 0 Å². The van der Waals surface area contributed by atoms with Crippen molar-refractivity contribution in [3.8, 4) is 50.6 Å². The second-order valence-corrected chi connectivity index (χ2v) is 11.4. The molecule has 7 aromatic rings. The fourth-order valence-corrected chi connectivity index (χ4v) is 7.10. The Hall–Kier alpha value is -5.30. The van der Waals surface area contributed by atoms with E-state index in [1.54, 1.807) is 0 Å². The van der Waals surface area contributed by atoms with E-state index in [0.717, 1.165) is 11.1 Å². The van der Waals surface area contributed by atoms with Crippen LogP contribution in [0.3, 0.4) is 0 Å². The summed E-state index contributed by atoms with van der Waals surface area (Å²) in [7, 11) is 0. The Bertz CT molecular complexity index is 2100. The second-order valence-electron chi connectivity index (χ2n) is 10.4. The minimum absolute atomic E-state index is 0.607. The summed E-state index contributed by atoms with van der Waals surface area (Å²) in [6.07, 6.45) is 0. The predicted octanol–water partition coefficient (Wildman–Crippen LogP) is 10.8. The van der Waals surface area contributed by atoms with Crippen LogP contribution in [0.25, 0.3) is 64.7 Å². The summed E-state index contributed by atoms with van der Waals surface area (Å²) in [5.41, 5.74) is 11.3. The molecule has 0 saturated carbocycles. The summed E-state index contributed by atoms with van der Waals surface area (Å²) in [6.45, 7) is 4.26. The Morgan fingerprint density at radius 2 is 1.17 bits per heavy atom. The van der Waals surface area contributed by atoms with Crippen molar-refractivity contribution >= 4 is 38.2 Å². The van der Waals surface area contributed by atoms with Gasteiger partial charge >= 0.3 is 0 Å². The first-order valence-electron chi connectivity index (χ1n) is 13.9. The first-order chi connectivity index (χ1) is 20.7. The molecule has 2 nitrogen and oxygen atoms in total. The molecule has 1 heterocycles. The molecular formula is C39H26N2S. The molecule has 0 bridgehead atoms. The molecule has 0 amide bonds. The fraction of sp³-hybridized carbons (Fsp3) is 0.0256. The van der Waals surface area contributed by atoms with E-state index in [0.29, 0.717) is 12.1 Å². The number of hydrogen-bond acceptors (Lipinski definition) is 3.